The Labute approximate surface area is 156 Å². The lowest BCUT2D eigenvalue weighted by Gasteiger charge is -2.18. The molecule has 1 fully saturated rings. The molecule has 0 bridgehead atoms. The average molecular weight is 370 g/mol. The van der Waals surface area contributed by atoms with Crippen LogP contribution in [-0.2, 0) is 0 Å². The Morgan fingerprint density at radius 1 is 1.12 bits per heavy atom. The summed E-state index contributed by atoms with van der Waals surface area (Å²) in [5, 5.41) is 17.0. The minimum Gasteiger partial charge on any atom is -0.366 e. The van der Waals surface area contributed by atoms with Crippen LogP contribution in [0.3, 0.4) is 0 Å². The number of carbonyl (C=O) groups excluding carboxylic acids is 1. The van der Waals surface area contributed by atoms with E-state index in [2.05, 4.69) is 10.6 Å². The number of hydrogen-bond acceptors (Lipinski definition) is 5. The van der Waals surface area contributed by atoms with Gasteiger partial charge in [-0.25, -0.2) is 0 Å². The molecule has 7 nitrogen and oxygen atoms in total. The van der Waals surface area contributed by atoms with Crippen molar-refractivity contribution in [1.29, 1.82) is 0 Å². The predicted octanol–water partition coefficient (Wildman–Crippen LogP) is 3.32. The molecule has 3 rings (SSSR count). The van der Waals surface area contributed by atoms with E-state index < -0.39 is 10.8 Å². The van der Waals surface area contributed by atoms with Crippen molar-refractivity contribution < 1.29 is 9.72 Å². The number of nitro benzene ring substituents is 1. The second-order valence-corrected chi connectivity index (χ2v) is 6.34. The van der Waals surface area contributed by atoms with Crippen LogP contribution in [0.5, 0.6) is 0 Å². The number of para-hydroxylation sites is 1. The molecule has 2 aromatic rings. The van der Waals surface area contributed by atoms with Gasteiger partial charge in [0.15, 0.2) is 5.11 Å². The van der Waals surface area contributed by atoms with E-state index in [1.807, 2.05) is 35.2 Å². The molecule has 1 amide bonds. The first-order valence-electron chi connectivity index (χ1n) is 8.25. The van der Waals surface area contributed by atoms with E-state index in [-0.39, 0.29) is 16.4 Å². The van der Waals surface area contributed by atoms with Crippen LogP contribution in [0.25, 0.3) is 0 Å². The molecular formula is C18H18N4O3S. The Morgan fingerprint density at radius 3 is 2.46 bits per heavy atom. The summed E-state index contributed by atoms with van der Waals surface area (Å²) in [6.07, 6.45) is 2.03. The Hall–Kier alpha value is -3.00. The maximum absolute atomic E-state index is 12.4. The van der Waals surface area contributed by atoms with Crippen LogP contribution in [0.15, 0.2) is 48.5 Å². The van der Waals surface area contributed by atoms with Gasteiger partial charge in [-0.3, -0.25) is 20.2 Å². The molecule has 1 heterocycles. The normalized spacial score (nSPS) is 13.3. The van der Waals surface area contributed by atoms with Gasteiger partial charge < -0.3 is 10.2 Å². The van der Waals surface area contributed by atoms with Crippen LogP contribution >= 0.6 is 12.2 Å². The number of benzene rings is 2. The van der Waals surface area contributed by atoms with Gasteiger partial charge in [-0.1, -0.05) is 18.2 Å². The maximum Gasteiger partial charge on any atom is 0.293 e. The molecule has 2 N–H and O–H groups in total. The largest absolute Gasteiger partial charge is 0.366 e. The third kappa shape index (κ3) is 4.15. The van der Waals surface area contributed by atoms with Gasteiger partial charge in [0.25, 0.3) is 11.6 Å². The molecule has 0 spiro atoms. The standard InChI is InChI=1S/C18H18N4O3S/c23-17(20-18(26)19-14-6-2-1-3-7-14)13-8-9-15(16(12-13)22(24)25)21-10-4-5-11-21/h1-3,6-9,12H,4-5,10-11H2,(H2,19,20,23,26). The molecule has 0 radical (unpaired) electrons. The number of nitro groups is 1. The first-order valence-corrected chi connectivity index (χ1v) is 8.66. The van der Waals surface area contributed by atoms with Crippen molar-refractivity contribution in [2.24, 2.45) is 0 Å². The molecular weight excluding hydrogens is 352 g/mol. The summed E-state index contributed by atoms with van der Waals surface area (Å²) in [5.74, 6) is -0.491. The van der Waals surface area contributed by atoms with Gasteiger partial charge in [0.1, 0.15) is 5.69 Å². The first kappa shape index (κ1) is 17.8. The molecule has 0 aromatic heterocycles. The number of rotatable bonds is 4. The number of carbonyl (C=O) groups is 1. The highest BCUT2D eigenvalue weighted by molar-refractivity contribution is 7.80. The summed E-state index contributed by atoms with van der Waals surface area (Å²) in [5.41, 5.74) is 1.42. The molecule has 2 aromatic carbocycles. The second kappa shape index (κ2) is 7.92. The van der Waals surface area contributed by atoms with Crippen molar-refractivity contribution in [2.75, 3.05) is 23.3 Å². The van der Waals surface area contributed by atoms with Gasteiger partial charge in [-0.05, 0) is 49.3 Å². The number of amides is 1. The van der Waals surface area contributed by atoms with Crippen LogP contribution < -0.4 is 15.5 Å². The van der Waals surface area contributed by atoms with Crippen LogP contribution in [-0.4, -0.2) is 29.0 Å². The van der Waals surface area contributed by atoms with Crippen molar-refractivity contribution >= 4 is 40.3 Å². The van der Waals surface area contributed by atoms with Crippen molar-refractivity contribution in [3.8, 4) is 0 Å². The van der Waals surface area contributed by atoms with Crippen LogP contribution in [0.4, 0.5) is 17.1 Å². The highest BCUT2D eigenvalue weighted by Gasteiger charge is 2.24. The summed E-state index contributed by atoms with van der Waals surface area (Å²) in [6, 6.07) is 13.7. The maximum atomic E-state index is 12.4. The molecule has 0 unspecified atom stereocenters. The van der Waals surface area contributed by atoms with Crippen LogP contribution in [0, 0.1) is 10.1 Å². The number of anilines is 2. The zero-order chi connectivity index (χ0) is 18.5. The van der Waals surface area contributed by atoms with Crippen LogP contribution in [0.2, 0.25) is 0 Å². The van der Waals surface area contributed by atoms with E-state index in [0.717, 1.165) is 31.6 Å². The van der Waals surface area contributed by atoms with E-state index in [9.17, 15) is 14.9 Å². The lowest BCUT2D eigenvalue weighted by Crippen LogP contribution is -2.34. The van der Waals surface area contributed by atoms with E-state index in [1.165, 1.54) is 6.07 Å². The lowest BCUT2D eigenvalue weighted by molar-refractivity contribution is -0.384. The fraction of sp³-hybridized carbons (Fsp3) is 0.222. The highest BCUT2D eigenvalue weighted by Crippen LogP contribution is 2.31. The average Bonchev–Trinajstić information content (AvgIpc) is 3.16. The summed E-state index contributed by atoms with van der Waals surface area (Å²) in [4.78, 5) is 25.3. The topological polar surface area (TPSA) is 87.5 Å². The zero-order valence-electron chi connectivity index (χ0n) is 14.0. The molecule has 0 aliphatic carbocycles. The third-order valence-corrected chi connectivity index (χ3v) is 4.34. The predicted molar refractivity (Wildman–Crippen MR) is 105 cm³/mol. The Morgan fingerprint density at radius 2 is 1.81 bits per heavy atom. The zero-order valence-corrected chi connectivity index (χ0v) is 14.8. The first-order chi connectivity index (χ1) is 12.5. The van der Waals surface area contributed by atoms with Crippen molar-refractivity contribution in [3.63, 3.8) is 0 Å². The van der Waals surface area contributed by atoms with E-state index >= 15 is 0 Å². The molecule has 1 saturated heterocycles. The lowest BCUT2D eigenvalue weighted by atomic mass is 10.1. The SMILES string of the molecule is O=C(NC(=S)Nc1ccccc1)c1ccc(N2CCCC2)c([N+](=O)[O-])c1. The minimum absolute atomic E-state index is 0.0681. The fourth-order valence-corrected chi connectivity index (χ4v) is 3.11. The van der Waals surface area contributed by atoms with Crippen molar-refractivity contribution in [1.82, 2.24) is 5.32 Å². The smallest absolute Gasteiger partial charge is 0.293 e. The van der Waals surface area contributed by atoms with E-state index in [0.29, 0.717) is 5.69 Å². The molecule has 1 aliphatic rings. The van der Waals surface area contributed by atoms with Gasteiger partial charge in [0, 0.05) is 30.4 Å². The number of nitrogens with zero attached hydrogens (tertiary/aromatic N) is 2. The quantitative estimate of drug-likeness (QED) is 0.488. The minimum atomic E-state index is -0.491. The molecule has 134 valence electrons. The van der Waals surface area contributed by atoms with Gasteiger partial charge in [0.2, 0.25) is 0 Å². The van der Waals surface area contributed by atoms with E-state index in [1.54, 1.807) is 12.1 Å². The second-order valence-electron chi connectivity index (χ2n) is 5.93. The summed E-state index contributed by atoms with van der Waals surface area (Å²) in [7, 11) is 0. The highest BCUT2D eigenvalue weighted by atomic mass is 32.1. The molecule has 26 heavy (non-hydrogen) atoms. The molecule has 0 atom stereocenters. The monoisotopic (exact) mass is 370 g/mol. The molecule has 0 saturated carbocycles. The van der Waals surface area contributed by atoms with Gasteiger partial charge in [-0.15, -0.1) is 0 Å². The summed E-state index contributed by atoms with van der Waals surface area (Å²) < 4.78 is 0. The van der Waals surface area contributed by atoms with Crippen molar-refractivity contribution in [2.45, 2.75) is 12.8 Å². The third-order valence-electron chi connectivity index (χ3n) is 4.14. The summed E-state index contributed by atoms with van der Waals surface area (Å²) in [6.45, 7) is 1.58. The van der Waals surface area contributed by atoms with Crippen molar-refractivity contribution in [3.05, 3.63) is 64.2 Å². The fourth-order valence-electron chi connectivity index (χ4n) is 2.90. The Kier molecular flexibility index (Phi) is 5.43. The molecule has 8 heteroatoms. The Balaban J connectivity index is 1.73. The number of thiocarbonyl (C=S) groups is 1. The van der Waals surface area contributed by atoms with Crippen LogP contribution in [0.1, 0.15) is 23.2 Å². The number of hydrogen-bond donors (Lipinski definition) is 2. The van der Waals surface area contributed by atoms with E-state index in [4.69, 9.17) is 12.2 Å². The van der Waals surface area contributed by atoms with Gasteiger partial charge >= 0.3 is 0 Å². The summed E-state index contributed by atoms with van der Waals surface area (Å²) >= 11 is 5.12. The Bertz CT molecular complexity index is 836. The van der Waals surface area contributed by atoms with Gasteiger partial charge in [-0.2, -0.15) is 0 Å². The molecule has 1 aliphatic heterocycles. The number of nitrogens with one attached hydrogen (secondary N) is 2. The van der Waals surface area contributed by atoms with Gasteiger partial charge in [0.05, 0.1) is 4.92 Å².